The van der Waals surface area contributed by atoms with Gasteiger partial charge in [-0.25, -0.2) is 0 Å². The molecule has 2 rings (SSSR count). The van der Waals surface area contributed by atoms with Crippen LogP contribution in [0.5, 0.6) is 0 Å². The smallest absolute Gasteiger partial charge is 0.246 e. The van der Waals surface area contributed by atoms with Crippen LogP contribution in [0.25, 0.3) is 0 Å². The van der Waals surface area contributed by atoms with E-state index in [0.717, 1.165) is 19.3 Å². The number of carbonyl (C=O) groups is 2. The Hall–Kier alpha value is -0.900. The van der Waals surface area contributed by atoms with E-state index in [0.29, 0.717) is 24.9 Å². The summed E-state index contributed by atoms with van der Waals surface area (Å²) in [6.07, 6.45) is 7.28. The van der Waals surface area contributed by atoms with Crippen molar-refractivity contribution >= 4 is 11.8 Å². The van der Waals surface area contributed by atoms with Crippen LogP contribution < -0.4 is 5.32 Å². The molecule has 1 aliphatic carbocycles. The summed E-state index contributed by atoms with van der Waals surface area (Å²) in [5, 5.41) is 3.48. The minimum Gasteiger partial charge on any atom is -0.302 e. The highest BCUT2D eigenvalue weighted by Gasteiger charge is 2.39. The third kappa shape index (κ3) is 3.16. The summed E-state index contributed by atoms with van der Waals surface area (Å²) < 4.78 is 0. The molecule has 108 valence electrons. The molecule has 2 amide bonds. The molecule has 2 fully saturated rings. The number of rotatable bonds is 5. The summed E-state index contributed by atoms with van der Waals surface area (Å²) in [6.45, 7) is 4.78. The normalized spacial score (nSPS) is 32.1. The third-order valence-corrected chi connectivity index (χ3v) is 4.54. The van der Waals surface area contributed by atoms with Crippen LogP contribution >= 0.6 is 0 Å². The fourth-order valence-electron chi connectivity index (χ4n) is 3.45. The molecular formula is C15H26N2O2. The predicted octanol–water partition coefficient (Wildman–Crippen LogP) is 2.08. The van der Waals surface area contributed by atoms with Crippen LogP contribution in [0.15, 0.2) is 0 Å². The summed E-state index contributed by atoms with van der Waals surface area (Å²) in [4.78, 5) is 25.5. The van der Waals surface area contributed by atoms with Gasteiger partial charge in [0.1, 0.15) is 0 Å². The zero-order valence-corrected chi connectivity index (χ0v) is 12.2. The monoisotopic (exact) mass is 266 g/mol. The van der Waals surface area contributed by atoms with Crippen molar-refractivity contribution in [2.75, 3.05) is 6.54 Å². The standard InChI is InChI=1S/C15H26N2O2/c1-3-9-17-14(18)10-13(15(17)19)16-12-8-6-5-7-11(12)4-2/h11-13,16H,3-10H2,1-2H3. The van der Waals surface area contributed by atoms with Gasteiger partial charge in [-0.2, -0.15) is 0 Å². The molecule has 4 nitrogen and oxygen atoms in total. The number of likely N-dealkylation sites (tertiary alicyclic amines) is 1. The SMILES string of the molecule is CCCN1C(=O)CC(NC2CCCCC2CC)C1=O. The molecule has 1 N–H and O–H groups in total. The van der Waals surface area contributed by atoms with Gasteiger partial charge in [0.05, 0.1) is 12.5 Å². The molecule has 1 saturated heterocycles. The minimum atomic E-state index is -0.267. The van der Waals surface area contributed by atoms with Crippen molar-refractivity contribution < 1.29 is 9.59 Å². The highest BCUT2D eigenvalue weighted by Crippen LogP contribution is 2.28. The number of imide groups is 1. The maximum atomic E-state index is 12.2. The summed E-state index contributed by atoms with van der Waals surface area (Å²) >= 11 is 0. The topological polar surface area (TPSA) is 49.4 Å². The lowest BCUT2D eigenvalue weighted by atomic mass is 9.82. The van der Waals surface area contributed by atoms with Gasteiger partial charge in [0, 0.05) is 12.6 Å². The van der Waals surface area contributed by atoms with Gasteiger partial charge in [0.2, 0.25) is 11.8 Å². The van der Waals surface area contributed by atoms with E-state index < -0.39 is 0 Å². The molecule has 19 heavy (non-hydrogen) atoms. The molecule has 2 aliphatic rings. The van der Waals surface area contributed by atoms with Gasteiger partial charge in [-0.05, 0) is 25.2 Å². The van der Waals surface area contributed by atoms with Crippen LogP contribution in [0.2, 0.25) is 0 Å². The van der Waals surface area contributed by atoms with E-state index in [2.05, 4.69) is 12.2 Å². The lowest BCUT2D eigenvalue weighted by Gasteiger charge is -2.33. The van der Waals surface area contributed by atoms with Crippen molar-refractivity contribution in [2.45, 2.75) is 70.9 Å². The van der Waals surface area contributed by atoms with E-state index in [4.69, 9.17) is 0 Å². The maximum absolute atomic E-state index is 12.2. The Morgan fingerprint density at radius 3 is 2.63 bits per heavy atom. The van der Waals surface area contributed by atoms with E-state index >= 15 is 0 Å². The Bertz CT molecular complexity index is 343. The zero-order valence-electron chi connectivity index (χ0n) is 12.2. The number of hydrogen-bond acceptors (Lipinski definition) is 3. The molecule has 0 spiro atoms. The average molecular weight is 266 g/mol. The molecule has 0 aromatic heterocycles. The molecule has 0 bridgehead atoms. The van der Waals surface area contributed by atoms with Crippen LogP contribution in [0, 0.1) is 5.92 Å². The second-order valence-electron chi connectivity index (χ2n) is 5.87. The summed E-state index contributed by atoms with van der Waals surface area (Å²) in [5.41, 5.74) is 0. The van der Waals surface area contributed by atoms with E-state index in [1.807, 2.05) is 6.92 Å². The number of nitrogens with one attached hydrogen (secondary N) is 1. The maximum Gasteiger partial charge on any atom is 0.246 e. The molecule has 3 atom stereocenters. The molecule has 0 radical (unpaired) electrons. The third-order valence-electron chi connectivity index (χ3n) is 4.54. The van der Waals surface area contributed by atoms with Gasteiger partial charge in [0.25, 0.3) is 0 Å². The van der Waals surface area contributed by atoms with E-state index in [1.165, 1.54) is 24.2 Å². The molecule has 0 aromatic carbocycles. The van der Waals surface area contributed by atoms with E-state index in [-0.39, 0.29) is 17.9 Å². The van der Waals surface area contributed by atoms with Crippen molar-refractivity contribution in [3.05, 3.63) is 0 Å². The fourth-order valence-corrected chi connectivity index (χ4v) is 3.45. The highest BCUT2D eigenvalue weighted by atomic mass is 16.2. The Labute approximate surface area is 115 Å². The molecule has 4 heteroatoms. The zero-order chi connectivity index (χ0) is 13.8. The quantitative estimate of drug-likeness (QED) is 0.775. The first-order valence-corrected chi connectivity index (χ1v) is 7.77. The van der Waals surface area contributed by atoms with E-state index in [1.54, 1.807) is 0 Å². The predicted molar refractivity (Wildman–Crippen MR) is 74.6 cm³/mol. The molecule has 1 aliphatic heterocycles. The van der Waals surface area contributed by atoms with Crippen LogP contribution in [0.3, 0.4) is 0 Å². The van der Waals surface area contributed by atoms with Crippen LogP contribution in [0.4, 0.5) is 0 Å². The van der Waals surface area contributed by atoms with E-state index in [9.17, 15) is 9.59 Å². The fraction of sp³-hybridized carbons (Fsp3) is 0.867. The largest absolute Gasteiger partial charge is 0.302 e. The molecule has 1 saturated carbocycles. The number of nitrogens with zero attached hydrogens (tertiary/aromatic N) is 1. The van der Waals surface area contributed by atoms with Crippen molar-refractivity contribution in [1.29, 1.82) is 0 Å². The lowest BCUT2D eigenvalue weighted by molar-refractivity contribution is -0.138. The first kappa shape index (κ1) is 14.5. The van der Waals surface area contributed by atoms with Gasteiger partial charge >= 0.3 is 0 Å². The molecular weight excluding hydrogens is 240 g/mol. The minimum absolute atomic E-state index is 0.00629. The number of amides is 2. The first-order chi connectivity index (χ1) is 9.17. The second-order valence-corrected chi connectivity index (χ2v) is 5.87. The van der Waals surface area contributed by atoms with Gasteiger partial charge < -0.3 is 5.32 Å². The summed E-state index contributed by atoms with van der Waals surface area (Å²) in [6, 6.07) is 0.151. The first-order valence-electron chi connectivity index (χ1n) is 7.77. The Balaban J connectivity index is 1.95. The van der Waals surface area contributed by atoms with Crippen LogP contribution in [0.1, 0.15) is 58.8 Å². The van der Waals surface area contributed by atoms with Crippen LogP contribution in [-0.2, 0) is 9.59 Å². The highest BCUT2D eigenvalue weighted by molar-refractivity contribution is 6.05. The second kappa shape index (κ2) is 6.51. The summed E-state index contributed by atoms with van der Waals surface area (Å²) in [7, 11) is 0. The Morgan fingerprint density at radius 1 is 1.21 bits per heavy atom. The van der Waals surface area contributed by atoms with Gasteiger partial charge in [0.15, 0.2) is 0 Å². The van der Waals surface area contributed by atoms with Crippen molar-refractivity contribution in [1.82, 2.24) is 10.2 Å². The van der Waals surface area contributed by atoms with Gasteiger partial charge in [-0.1, -0.05) is 33.1 Å². The van der Waals surface area contributed by atoms with Crippen molar-refractivity contribution in [3.63, 3.8) is 0 Å². The summed E-state index contributed by atoms with van der Waals surface area (Å²) in [5.74, 6) is 0.650. The number of hydrogen-bond donors (Lipinski definition) is 1. The molecule has 1 heterocycles. The Morgan fingerprint density at radius 2 is 1.95 bits per heavy atom. The van der Waals surface area contributed by atoms with Crippen LogP contribution in [-0.4, -0.2) is 35.3 Å². The molecule has 0 aromatic rings. The number of carbonyl (C=O) groups excluding carboxylic acids is 2. The van der Waals surface area contributed by atoms with Gasteiger partial charge in [-0.3, -0.25) is 14.5 Å². The van der Waals surface area contributed by atoms with Gasteiger partial charge in [-0.15, -0.1) is 0 Å². The lowest BCUT2D eigenvalue weighted by Crippen LogP contribution is -2.47. The van der Waals surface area contributed by atoms with Crippen molar-refractivity contribution in [3.8, 4) is 0 Å². The van der Waals surface area contributed by atoms with Crippen molar-refractivity contribution in [2.24, 2.45) is 5.92 Å². The average Bonchev–Trinajstić information content (AvgIpc) is 2.67. The molecule has 3 unspecified atom stereocenters. The Kier molecular flexibility index (Phi) is 4.97.